The van der Waals surface area contributed by atoms with Crippen LogP contribution in [-0.4, -0.2) is 68.3 Å². The molecule has 0 amide bonds. The van der Waals surface area contributed by atoms with Gasteiger partial charge in [-0.25, -0.2) is 0 Å². The summed E-state index contributed by atoms with van der Waals surface area (Å²) >= 11 is 19.2. The topological polar surface area (TPSA) is 0 Å². The van der Waals surface area contributed by atoms with E-state index in [4.69, 9.17) is 50.5 Å². The third-order valence-corrected chi connectivity index (χ3v) is 4.06. The van der Waals surface area contributed by atoms with Crippen LogP contribution in [0.15, 0.2) is 141 Å². The molecule has 0 nitrogen and oxygen atoms in total. The maximum absolute atomic E-state index is 4.81. The molecule has 4 aromatic rings. The third-order valence-electron chi connectivity index (χ3n) is 2.97. The van der Waals surface area contributed by atoms with Crippen molar-refractivity contribution in [2.45, 2.75) is 19.6 Å². The Labute approximate surface area is 323 Å². The fraction of sp³-hybridized carbons (Fsp3) is 0. The molecule has 0 spiro atoms. The molecule has 12 heteroatoms. The van der Waals surface area contributed by atoms with Crippen molar-refractivity contribution in [3.8, 4) is 0 Å². The van der Waals surface area contributed by atoms with Crippen LogP contribution in [-0.2, 0) is 119 Å². The van der Waals surface area contributed by atoms with Gasteiger partial charge < -0.3 is 84.7 Å². The molecule has 0 unspecified atom stereocenters. The zero-order valence-corrected chi connectivity index (χ0v) is 33.2. The predicted octanol–water partition coefficient (Wildman–Crippen LogP) is 4.30. The second-order valence-corrected chi connectivity index (χ2v) is 7.14. The van der Waals surface area contributed by atoms with E-state index in [0.29, 0.717) is 0 Å². The van der Waals surface area contributed by atoms with Crippen LogP contribution < -0.4 is 0 Å². The minimum atomic E-state index is 0. The summed E-state index contributed by atoms with van der Waals surface area (Å²) in [4.78, 5) is 3.62. The molecule has 0 bridgehead atoms. The summed E-state index contributed by atoms with van der Waals surface area (Å²) in [6.07, 6.45) is 0. The molecule has 4 rings (SSSR count). The summed E-state index contributed by atoms with van der Waals surface area (Å²) in [5.74, 6) is 0. The van der Waals surface area contributed by atoms with Crippen LogP contribution in [0.4, 0.5) is 0 Å². The van der Waals surface area contributed by atoms with Gasteiger partial charge in [0.25, 0.3) is 0 Å². The van der Waals surface area contributed by atoms with Crippen molar-refractivity contribution in [3.63, 3.8) is 0 Å². The van der Waals surface area contributed by atoms with Gasteiger partial charge in [-0.05, 0) is 0 Å². The van der Waals surface area contributed by atoms with Gasteiger partial charge >= 0.3 is 34.1 Å². The molecule has 0 saturated carbocycles. The van der Waals surface area contributed by atoms with E-state index in [2.05, 4.69) is 0 Å². The first-order valence-electron chi connectivity index (χ1n) is 8.46. The molecule has 4 aromatic carbocycles. The zero-order valence-electron chi connectivity index (χ0n) is 18.3. The first-order chi connectivity index (χ1) is 13.6. The first-order valence-corrected chi connectivity index (χ1v) is 10.1. The summed E-state index contributed by atoms with van der Waals surface area (Å²) in [5, 5.41) is 0. The van der Waals surface area contributed by atoms with Crippen molar-refractivity contribution >= 4 is 119 Å². The molecule has 0 saturated heterocycles. The van der Waals surface area contributed by atoms with E-state index in [-0.39, 0.29) is 137 Å². The minimum absolute atomic E-state index is 0. The Bertz CT molecular complexity index is 722. The van der Waals surface area contributed by atoms with Gasteiger partial charge in [-0.2, -0.15) is 19.6 Å². The van der Waals surface area contributed by atoms with Crippen molar-refractivity contribution in [1.29, 1.82) is 0 Å². The Balaban J connectivity index is -0.0000000451. The molecule has 0 aliphatic heterocycles. The number of rotatable bonds is 0. The van der Waals surface area contributed by atoms with Gasteiger partial charge in [0, 0.05) is 68.3 Å². The molecular formula is C24H22Fe4S4Se4-6. The molecule has 36 heavy (non-hydrogen) atoms. The summed E-state index contributed by atoms with van der Waals surface area (Å²) in [7, 11) is 0. The van der Waals surface area contributed by atoms with Crippen molar-refractivity contribution in [3.05, 3.63) is 121 Å². The maximum atomic E-state index is 4.81. The molecule has 0 aliphatic rings. The van der Waals surface area contributed by atoms with Crippen LogP contribution in [0.2, 0.25) is 0 Å². The van der Waals surface area contributed by atoms with Crippen molar-refractivity contribution in [2.75, 3.05) is 0 Å². The average molecular weight is 978 g/mol. The summed E-state index contributed by atoms with van der Waals surface area (Å²) in [6, 6.07) is 38.5. The fourth-order valence-electron chi connectivity index (χ4n) is 1.68. The number of hydrogen-bond donors (Lipinski definition) is 0. The van der Waals surface area contributed by atoms with E-state index >= 15 is 0 Å². The summed E-state index contributed by atoms with van der Waals surface area (Å²) in [6.45, 7) is 0. The van der Waals surface area contributed by atoms with Crippen LogP contribution in [0.25, 0.3) is 0 Å². The number of benzene rings is 4. The average Bonchev–Trinajstić information content (AvgIpc) is 2.72. The SMILES string of the molecule is [Fe].[Fe].[Fe].[Fe].[S-]c1ccccc1.[S-]c1ccccc1.[S-]c1ccccc1.[S-]c1ccccc1.[Se-].[Se-].[SeH].[SeH]. The Morgan fingerprint density at radius 2 is 0.389 bits per heavy atom. The van der Waals surface area contributed by atoms with Crippen molar-refractivity contribution in [2.24, 2.45) is 0 Å². The standard InChI is InChI=1S/4C6H6S.4Fe.2HSe.2Se/c4*7-6-4-2-1-3-5-6;;;;;;;;/h4*1-5,7H;;;;;2*1H;;/q;;;;;;;;;;2*-1/p-4. The molecule has 0 N–H and O–H groups in total. The Morgan fingerprint density at radius 3 is 0.444 bits per heavy atom. The van der Waals surface area contributed by atoms with Gasteiger partial charge in [0.15, 0.2) is 0 Å². The zero-order chi connectivity index (χ0) is 20.5. The van der Waals surface area contributed by atoms with Crippen LogP contribution in [0.5, 0.6) is 0 Å². The fourth-order valence-corrected chi connectivity index (χ4v) is 2.31. The van der Waals surface area contributed by atoms with Gasteiger partial charge in [0.1, 0.15) is 0 Å². The van der Waals surface area contributed by atoms with Gasteiger partial charge in [0.05, 0.1) is 0 Å². The second-order valence-electron chi connectivity index (χ2n) is 5.25. The summed E-state index contributed by atoms with van der Waals surface area (Å²) in [5.41, 5.74) is 0. The molecule has 204 valence electrons. The summed E-state index contributed by atoms with van der Waals surface area (Å²) < 4.78 is 0. The van der Waals surface area contributed by atoms with Crippen LogP contribution in [0.3, 0.4) is 0 Å². The van der Waals surface area contributed by atoms with Gasteiger partial charge in [-0.3, -0.25) is 0 Å². The van der Waals surface area contributed by atoms with Gasteiger partial charge in [-0.15, -0.1) is 0 Å². The number of hydrogen-bond acceptors (Lipinski definition) is 4. The molecule has 4 radical (unpaired) electrons. The molecule has 0 heterocycles. The predicted molar refractivity (Wildman–Crippen MR) is 154 cm³/mol. The molecule has 0 aromatic heterocycles. The van der Waals surface area contributed by atoms with Gasteiger partial charge in [0.2, 0.25) is 0 Å². The van der Waals surface area contributed by atoms with E-state index in [1.54, 1.807) is 0 Å². The van der Waals surface area contributed by atoms with E-state index in [9.17, 15) is 0 Å². The Morgan fingerprint density at radius 1 is 0.278 bits per heavy atom. The normalized spacial score (nSPS) is 6.67. The van der Waals surface area contributed by atoms with Crippen molar-refractivity contribution in [1.82, 2.24) is 0 Å². The van der Waals surface area contributed by atoms with E-state index in [0.717, 1.165) is 19.6 Å². The molecule has 0 aliphatic carbocycles. The monoisotopic (exact) mass is 981 g/mol. The molecule has 0 atom stereocenters. The van der Waals surface area contributed by atoms with Crippen molar-refractivity contribution < 1.29 is 68.3 Å². The molecule has 0 fully saturated rings. The van der Waals surface area contributed by atoms with E-state index in [1.165, 1.54) is 0 Å². The van der Waals surface area contributed by atoms with Crippen LogP contribution >= 0.6 is 0 Å². The Hall–Kier alpha value is 1.92. The second kappa shape index (κ2) is 41.4. The third kappa shape index (κ3) is 38.1. The van der Waals surface area contributed by atoms with Crippen LogP contribution in [0.1, 0.15) is 0 Å². The van der Waals surface area contributed by atoms with E-state index in [1.807, 2.05) is 121 Å². The quantitative estimate of drug-likeness (QED) is 0.191. The first kappa shape index (κ1) is 57.7. The van der Waals surface area contributed by atoms with Crippen LogP contribution in [0, 0.1) is 0 Å². The van der Waals surface area contributed by atoms with Gasteiger partial charge in [-0.1, -0.05) is 121 Å². The molecular weight excluding hydrogens is 956 g/mol. The van der Waals surface area contributed by atoms with E-state index < -0.39 is 0 Å². The Kier molecular flexibility index (Phi) is 66.4.